The number of benzene rings is 2. The molecule has 1 saturated heterocycles. The molecule has 0 atom stereocenters. The molecular formula is C20H21N3O2. The first-order valence-corrected chi connectivity index (χ1v) is 8.71. The van der Waals surface area contributed by atoms with Crippen molar-refractivity contribution in [2.75, 3.05) is 13.1 Å². The topological polar surface area (TPSA) is 60.2 Å². The van der Waals surface area contributed by atoms with Gasteiger partial charge in [-0.25, -0.2) is 0 Å². The van der Waals surface area contributed by atoms with Crippen LogP contribution in [0.15, 0.2) is 59.1 Å². The fourth-order valence-corrected chi connectivity index (χ4v) is 3.03. The van der Waals surface area contributed by atoms with Crippen LogP contribution in [0.3, 0.4) is 0 Å². The molecule has 128 valence electrons. The van der Waals surface area contributed by atoms with Crippen LogP contribution < -0.4 is 10.1 Å². The monoisotopic (exact) mass is 335 g/mol. The Hall–Kier alpha value is -2.66. The maximum absolute atomic E-state index is 6.09. The van der Waals surface area contributed by atoms with Crippen LogP contribution in [0, 0.1) is 0 Å². The average molecular weight is 335 g/mol. The molecule has 0 radical (unpaired) electrons. The second-order valence-electron chi connectivity index (χ2n) is 6.27. The van der Waals surface area contributed by atoms with E-state index in [1.54, 1.807) is 0 Å². The Morgan fingerprint density at radius 2 is 1.88 bits per heavy atom. The molecule has 1 aromatic heterocycles. The zero-order valence-electron chi connectivity index (χ0n) is 14.0. The van der Waals surface area contributed by atoms with E-state index in [-0.39, 0.29) is 6.10 Å². The van der Waals surface area contributed by atoms with Crippen molar-refractivity contribution in [2.24, 2.45) is 0 Å². The van der Waals surface area contributed by atoms with Crippen LogP contribution in [-0.2, 0) is 6.42 Å². The Morgan fingerprint density at radius 3 is 2.72 bits per heavy atom. The van der Waals surface area contributed by atoms with E-state index >= 15 is 0 Å². The number of aromatic nitrogens is 2. The first-order chi connectivity index (χ1) is 12.4. The van der Waals surface area contributed by atoms with Gasteiger partial charge < -0.3 is 14.6 Å². The summed E-state index contributed by atoms with van der Waals surface area (Å²) in [6.45, 7) is 2.02. The van der Waals surface area contributed by atoms with Crippen LogP contribution in [0.25, 0.3) is 11.5 Å². The van der Waals surface area contributed by atoms with E-state index in [0.717, 1.165) is 42.8 Å². The largest absolute Gasteiger partial charge is 0.490 e. The second-order valence-corrected chi connectivity index (χ2v) is 6.27. The zero-order valence-corrected chi connectivity index (χ0v) is 14.0. The van der Waals surface area contributed by atoms with Gasteiger partial charge in [-0.1, -0.05) is 41.6 Å². The SMILES string of the molecule is c1ccc(Cc2noc(-c3cccc(OC4CCNCC4)c3)n2)cc1. The van der Waals surface area contributed by atoms with Gasteiger partial charge in [-0.05, 0) is 49.7 Å². The van der Waals surface area contributed by atoms with Gasteiger partial charge in [0.25, 0.3) is 5.89 Å². The Kier molecular flexibility index (Phi) is 4.74. The molecule has 0 aliphatic carbocycles. The summed E-state index contributed by atoms with van der Waals surface area (Å²) >= 11 is 0. The van der Waals surface area contributed by atoms with E-state index in [9.17, 15) is 0 Å². The molecule has 5 nitrogen and oxygen atoms in total. The lowest BCUT2D eigenvalue weighted by molar-refractivity contribution is 0.162. The molecule has 0 bridgehead atoms. The minimum Gasteiger partial charge on any atom is -0.490 e. The van der Waals surface area contributed by atoms with Crippen molar-refractivity contribution in [2.45, 2.75) is 25.4 Å². The van der Waals surface area contributed by atoms with Crippen molar-refractivity contribution >= 4 is 0 Å². The third kappa shape index (κ3) is 4.06. The van der Waals surface area contributed by atoms with Gasteiger partial charge in [0.05, 0.1) is 0 Å². The average Bonchev–Trinajstić information content (AvgIpc) is 3.12. The van der Waals surface area contributed by atoms with Crippen molar-refractivity contribution in [3.63, 3.8) is 0 Å². The van der Waals surface area contributed by atoms with Crippen LogP contribution in [0.2, 0.25) is 0 Å². The van der Waals surface area contributed by atoms with Crippen LogP contribution in [0.5, 0.6) is 5.75 Å². The van der Waals surface area contributed by atoms with Crippen molar-refractivity contribution < 1.29 is 9.26 Å². The number of piperidine rings is 1. The van der Waals surface area contributed by atoms with Crippen LogP contribution in [0.4, 0.5) is 0 Å². The summed E-state index contributed by atoms with van der Waals surface area (Å²) in [6, 6.07) is 18.0. The normalized spacial score (nSPS) is 15.2. The van der Waals surface area contributed by atoms with Crippen molar-refractivity contribution in [1.29, 1.82) is 0 Å². The zero-order chi connectivity index (χ0) is 16.9. The fourth-order valence-electron chi connectivity index (χ4n) is 3.03. The van der Waals surface area contributed by atoms with E-state index < -0.39 is 0 Å². The van der Waals surface area contributed by atoms with Gasteiger partial charge in [-0.2, -0.15) is 4.98 Å². The predicted molar refractivity (Wildman–Crippen MR) is 95.5 cm³/mol. The van der Waals surface area contributed by atoms with Gasteiger partial charge in [0, 0.05) is 12.0 Å². The van der Waals surface area contributed by atoms with Gasteiger partial charge in [-0.3, -0.25) is 0 Å². The lowest BCUT2D eigenvalue weighted by atomic mass is 10.1. The molecule has 0 unspecified atom stereocenters. The van der Waals surface area contributed by atoms with Crippen molar-refractivity contribution in [1.82, 2.24) is 15.5 Å². The number of nitrogens with zero attached hydrogens (tertiary/aromatic N) is 2. The summed E-state index contributed by atoms with van der Waals surface area (Å²) < 4.78 is 11.5. The summed E-state index contributed by atoms with van der Waals surface area (Å²) in [6.07, 6.45) is 3.00. The van der Waals surface area contributed by atoms with Crippen LogP contribution >= 0.6 is 0 Å². The van der Waals surface area contributed by atoms with Gasteiger partial charge in [0.15, 0.2) is 5.82 Å². The second kappa shape index (κ2) is 7.49. The van der Waals surface area contributed by atoms with E-state index in [1.807, 2.05) is 42.5 Å². The lowest BCUT2D eigenvalue weighted by Gasteiger charge is -2.23. The Bertz CT molecular complexity index is 811. The molecule has 5 heteroatoms. The Labute approximate surface area is 147 Å². The summed E-state index contributed by atoms with van der Waals surface area (Å²) in [5.74, 6) is 2.07. The number of ether oxygens (including phenoxy) is 1. The maximum Gasteiger partial charge on any atom is 0.258 e. The number of hydrogen-bond acceptors (Lipinski definition) is 5. The molecule has 0 spiro atoms. The summed E-state index contributed by atoms with van der Waals surface area (Å²) in [5.41, 5.74) is 2.05. The van der Waals surface area contributed by atoms with Gasteiger partial charge in [-0.15, -0.1) is 0 Å². The standard InChI is InChI=1S/C20H21N3O2/c1-2-5-15(6-3-1)13-19-22-20(25-23-19)16-7-4-8-18(14-16)24-17-9-11-21-12-10-17/h1-8,14,17,21H,9-13H2. The quantitative estimate of drug-likeness (QED) is 0.774. The van der Waals surface area contributed by atoms with Crippen molar-refractivity contribution in [3.8, 4) is 17.2 Å². The minimum atomic E-state index is 0.271. The summed E-state index contributed by atoms with van der Waals surface area (Å²) in [5, 5.41) is 7.45. The summed E-state index contributed by atoms with van der Waals surface area (Å²) in [4.78, 5) is 4.52. The maximum atomic E-state index is 6.09. The third-order valence-electron chi connectivity index (χ3n) is 4.34. The van der Waals surface area contributed by atoms with E-state index in [4.69, 9.17) is 9.26 Å². The van der Waals surface area contributed by atoms with Crippen molar-refractivity contribution in [3.05, 3.63) is 66.0 Å². The number of nitrogens with one attached hydrogen (secondary N) is 1. The molecule has 2 aromatic carbocycles. The molecule has 2 heterocycles. The third-order valence-corrected chi connectivity index (χ3v) is 4.34. The molecule has 4 rings (SSSR count). The summed E-state index contributed by atoms with van der Waals surface area (Å²) in [7, 11) is 0. The first kappa shape index (κ1) is 15.8. The van der Waals surface area contributed by atoms with Crippen LogP contribution in [0.1, 0.15) is 24.2 Å². The Balaban J connectivity index is 1.47. The van der Waals surface area contributed by atoms with Gasteiger partial charge in [0.1, 0.15) is 11.9 Å². The Morgan fingerprint density at radius 1 is 1.04 bits per heavy atom. The predicted octanol–water partition coefficient (Wildman–Crippen LogP) is 3.46. The van der Waals surface area contributed by atoms with Gasteiger partial charge >= 0.3 is 0 Å². The number of rotatable bonds is 5. The molecule has 1 N–H and O–H groups in total. The highest BCUT2D eigenvalue weighted by Crippen LogP contribution is 2.24. The molecule has 3 aromatic rings. The van der Waals surface area contributed by atoms with E-state index in [1.165, 1.54) is 0 Å². The van der Waals surface area contributed by atoms with E-state index in [2.05, 4.69) is 27.6 Å². The number of hydrogen-bond donors (Lipinski definition) is 1. The molecule has 1 fully saturated rings. The molecular weight excluding hydrogens is 314 g/mol. The molecule has 0 saturated carbocycles. The molecule has 25 heavy (non-hydrogen) atoms. The first-order valence-electron chi connectivity index (χ1n) is 8.71. The smallest absolute Gasteiger partial charge is 0.258 e. The highest BCUT2D eigenvalue weighted by molar-refractivity contribution is 5.55. The minimum absolute atomic E-state index is 0.271. The fraction of sp³-hybridized carbons (Fsp3) is 0.300. The highest BCUT2D eigenvalue weighted by Gasteiger charge is 2.15. The van der Waals surface area contributed by atoms with E-state index in [0.29, 0.717) is 18.1 Å². The molecule has 1 aliphatic heterocycles. The molecule has 0 amide bonds. The van der Waals surface area contributed by atoms with Crippen LogP contribution in [-0.4, -0.2) is 29.3 Å². The lowest BCUT2D eigenvalue weighted by Crippen LogP contribution is -2.34. The molecule has 1 aliphatic rings. The highest BCUT2D eigenvalue weighted by atomic mass is 16.5. The van der Waals surface area contributed by atoms with Gasteiger partial charge in [0.2, 0.25) is 0 Å².